The van der Waals surface area contributed by atoms with Crippen LogP contribution in [0.5, 0.6) is 0 Å². The van der Waals surface area contributed by atoms with E-state index < -0.39 is 36.2 Å². The number of pyridine rings is 1. The van der Waals surface area contributed by atoms with Gasteiger partial charge in [0.15, 0.2) is 5.82 Å². The average Bonchev–Trinajstić information content (AvgIpc) is 3.31. The third kappa shape index (κ3) is 6.12. The summed E-state index contributed by atoms with van der Waals surface area (Å²) in [6.45, 7) is 6.93. The number of hydrazone groups is 1. The number of carbonyl (C=O) groups is 2. The number of amides is 2. The van der Waals surface area contributed by atoms with Gasteiger partial charge in [-0.1, -0.05) is 41.4 Å². The molecule has 0 spiro atoms. The van der Waals surface area contributed by atoms with Crippen LogP contribution in [0.25, 0.3) is 12.2 Å². The monoisotopic (exact) mass is 555 g/mol. The van der Waals surface area contributed by atoms with Gasteiger partial charge in [0, 0.05) is 12.6 Å². The van der Waals surface area contributed by atoms with Gasteiger partial charge < -0.3 is 5.32 Å². The van der Waals surface area contributed by atoms with E-state index in [2.05, 4.69) is 27.5 Å². The lowest BCUT2D eigenvalue weighted by atomic mass is 10.1. The highest BCUT2D eigenvalue weighted by Crippen LogP contribution is 2.34. The van der Waals surface area contributed by atoms with Crippen LogP contribution in [0.3, 0.4) is 0 Å². The van der Waals surface area contributed by atoms with Gasteiger partial charge in [0.25, 0.3) is 5.91 Å². The van der Waals surface area contributed by atoms with E-state index in [1.54, 1.807) is 26.0 Å². The van der Waals surface area contributed by atoms with Crippen molar-refractivity contribution in [2.45, 2.75) is 32.5 Å². The van der Waals surface area contributed by atoms with Crippen molar-refractivity contribution in [1.82, 2.24) is 10.5 Å². The number of aromatic nitrogens is 1. The van der Waals surface area contributed by atoms with E-state index in [0.29, 0.717) is 10.4 Å². The maximum Gasteiger partial charge on any atom is 0.431 e. The lowest BCUT2D eigenvalue weighted by Crippen LogP contribution is -2.41. The SMILES string of the molecule is C=CCONC(=O)c1cc(=C/C)/c(=C\C)c(Cl)c1NC(=O)[C@@H]1CC(C(F)(F)F)=NN1c1ncccc1Cl. The minimum Gasteiger partial charge on any atom is -0.322 e. The van der Waals surface area contributed by atoms with Gasteiger partial charge in [-0.15, -0.1) is 6.58 Å². The van der Waals surface area contributed by atoms with Crippen molar-refractivity contribution in [2.24, 2.45) is 5.10 Å². The molecule has 1 atom stereocenters. The molecule has 0 radical (unpaired) electrons. The zero-order chi connectivity index (χ0) is 27.3. The van der Waals surface area contributed by atoms with Crippen LogP contribution in [-0.2, 0) is 9.63 Å². The normalized spacial score (nSPS) is 16.6. The van der Waals surface area contributed by atoms with Gasteiger partial charge in [0.1, 0.15) is 11.8 Å². The van der Waals surface area contributed by atoms with Crippen LogP contribution in [0.4, 0.5) is 24.7 Å². The molecule has 0 saturated heterocycles. The number of anilines is 2. The number of hydrogen-bond donors (Lipinski definition) is 2. The van der Waals surface area contributed by atoms with Crippen molar-refractivity contribution in [1.29, 1.82) is 0 Å². The molecule has 196 valence electrons. The number of halogens is 5. The Hall–Kier alpha value is -3.41. The van der Waals surface area contributed by atoms with Crippen molar-refractivity contribution >= 4 is 64.4 Å². The number of hydroxylamine groups is 1. The Morgan fingerprint density at radius 2 is 2.03 bits per heavy atom. The van der Waals surface area contributed by atoms with Crippen molar-refractivity contribution in [3.8, 4) is 0 Å². The highest BCUT2D eigenvalue weighted by molar-refractivity contribution is 6.35. The first kappa shape index (κ1) is 28.2. The molecule has 0 bridgehead atoms. The molecule has 1 aliphatic heterocycles. The van der Waals surface area contributed by atoms with Crippen LogP contribution in [0, 0.1) is 0 Å². The van der Waals surface area contributed by atoms with Gasteiger partial charge in [-0.25, -0.2) is 15.5 Å². The molecular weight excluding hydrogens is 534 g/mol. The van der Waals surface area contributed by atoms with E-state index in [1.807, 2.05) is 0 Å². The first-order valence-corrected chi connectivity index (χ1v) is 11.6. The minimum atomic E-state index is -4.79. The lowest BCUT2D eigenvalue weighted by Gasteiger charge is -2.23. The Labute approximate surface area is 220 Å². The van der Waals surface area contributed by atoms with Crippen molar-refractivity contribution in [2.75, 3.05) is 16.9 Å². The number of nitrogens with one attached hydrogen (secondary N) is 2. The number of alkyl halides is 3. The second-order valence-electron chi connectivity index (χ2n) is 7.63. The number of benzene rings is 1. The quantitative estimate of drug-likeness (QED) is 0.306. The summed E-state index contributed by atoms with van der Waals surface area (Å²) in [6.07, 6.45) is 0.526. The predicted molar refractivity (Wildman–Crippen MR) is 137 cm³/mol. The van der Waals surface area contributed by atoms with E-state index in [9.17, 15) is 22.8 Å². The molecule has 0 aliphatic carbocycles. The standard InChI is InChI=1S/C24H22Cl2F3N5O3/c1-4-10-37-33-22(35)15-11-13(5-2)14(6-3)19(26)20(15)31-23(36)17-12-18(24(27,28)29)32-34(17)21-16(25)8-7-9-30-21/h4-9,11,17H,1,10,12H2,2-3H3,(H,31,36)(H,33,35)/b13-5-,14-6+/t17-/m0/s1. The molecule has 0 fully saturated rings. The summed E-state index contributed by atoms with van der Waals surface area (Å²) in [5, 5.41) is 8.01. The van der Waals surface area contributed by atoms with E-state index in [1.165, 1.54) is 30.5 Å². The molecular formula is C24H22Cl2F3N5O3. The molecule has 1 aromatic heterocycles. The number of carbonyl (C=O) groups excluding carboxylic acids is 2. The minimum absolute atomic E-state index is 0.00403. The van der Waals surface area contributed by atoms with Gasteiger partial charge in [-0.2, -0.15) is 18.3 Å². The van der Waals surface area contributed by atoms with Crippen LogP contribution in [0.2, 0.25) is 10.0 Å². The summed E-state index contributed by atoms with van der Waals surface area (Å²) >= 11 is 12.7. The van der Waals surface area contributed by atoms with Crippen molar-refractivity contribution < 1.29 is 27.6 Å². The fraction of sp³-hybridized carbons (Fsp3) is 0.250. The first-order chi connectivity index (χ1) is 17.5. The topological polar surface area (TPSA) is 95.9 Å². The molecule has 0 saturated carbocycles. The second kappa shape index (κ2) is 11.8. The summed E-state index contributed by atoms with van der Waals surface area (Å²) in [6, 6.07) is 2.88. The smallest absolute Gasteiger partial charge is 0.322 e. The Kier molecular flexibility index (Phi) is 8.95. The van der Waals surface area contributed by atoms with Gasteiger partial charge in [-0.05, 0) is 42.5 Å². The molecule has 8 nitrogen and oxygen atoms in total. The van der Waals surface area contributed by atoms with Crippen molar-refractivity contribution in [3.63, 3.8) is 0 Å². The number of rotatable bonds is 7. The predicted octanol–water partition coefficient (Wildman–Crippen LogP) is 3.97. The Morgan fingerprint density at radius 3 is 2.62 bits per heavy atom. The molecule has 2 heterocycles. The molecule has 2 amide bonds. The Balaban J connectivity index is 2.07. The van der Waals surface area contributed by atoms with Gasteiger partial charge in [-0.3, -0.25) is 14.4 Å². The highest BCUT2D eigenvalue weighted by atomic mass is 35.5. The van der Waals surface area contributed by atoms with Crippen LogP contribution in [0.1, 0.15) is 30.6 Å². The average molecular weight is 556 g/mol. The Bertz CT molecular complexity index is 1380. The highest BCUT2D eigenvalue weighted by Gasteiger charge is 2.46. The van der Waals surface area contributed by atoms with E-state index >= 15 is 0 Å². The summed E-state index contributed by atoms with van der Waals surface area (Å²) in [7, 11) is 0. The Morgan fingerprint density at radius 1 is 1.30 bits per heavy atom. The summed E-state index contributed by atoms with van der Waals surface area (Å²) < 4.78 is 40.6. The van der Waals surface area contributed by atoms with Crippen LogP contribution >= 0.6 is 23.2 Å². The molecule has 2 N–H and O–H groups in total. The first-order valence-electron chi connectivity index (χ1n) is 10.9. The third-order valence-electron chi connectivity index (χ3n) is 5.29. The van der Waals surface area contributed by atoms with E-state index in [4.69, 9.17) is 28.0 Å². The maximum absolute atomic E-state index is 13.5. The van der Waals surface area contributed by atoms with E-state index in [0.717, 1.165) is 5.01 Å². The summed E-state index contributed by atoms with van der Waals surface area (Å²) in [4.78, 5) is 35.3. The van der Waals surface area contributed by atoms with Crippen LogP contribution < -0.4 is 26.2 Å². The largest absolute Gasteiger partial charge is 0.431 e. The number of hydrogen-bond acceptors (Lipinski definition) is 6. The molecule has 1 aromatic carbocycles. The fourth-order valence-electron chi connectivity index (χ4n) is 3.57. The molecule has 0 unspecified atom stereocenters. The van der Waals surface area contributed by atoms with Gasteiger partial charge in [0.2, 0.25) is 5.91 Å². The lowest BCUT2D eigenvalue weighted by molar-refractivity contribution is -0.117. The maximum atomic E-state index is 13.5. The van der Waals surface area contributed by atoms with Crippen LogP contribution in [-0.4, -0.2) is 41.3 Å². The summed E-state index contributed by atoms with van der Waals surface area (Å²) in [5.41, 5.74) is 0.845. The molecule has 1 aliphatic rings. The second-order valence-corrected chi connectivity index (χ2v) is 8.42. The zero-order valence-electron chi connectivity index (χ0n) is 19.7. The van der Waals surface area contributed by atoms with Crippen molar-refractivity contribution in [3.05, 3.63) is 63.1 Å². The third-order valence-corrected chi connectivity index (χ3v) is 5.98. The van der Waals surface area contributed by atoms with Gasteiger partial charge >= 0.3 is 6.18 Å². The van der Waals surface area contributed by atoms with E-state index in [-0.39, 0.29) is 33.7 Å². The van der Waals surface area contributed by atoms with Crippen LogP contribution in [0.15, 0.2) is 42.2 Å². The molecule has 3 rings (SSSR count). The molecule has 2 aromatic rings. The summed E-state index contributed by atoms with van der Waals surface area (Å²) in [5.74, 6) is -1.79. The fourth-order valence-corrected chi connectivity index (χ4v) is 4.15. The molecule has 37 heavy (non-hydrogen) atoms. The zero-order valence-corrected chi connectivity index (χ0v) is 21.2. The number of nitrogens with zero attached hydrogens (tertiary/aromatic N) is 3. The molecule has 13 heteroatoms. The van der Waals surface area contributed by atoms with Gasteiger partial charge in [0.05, 0.1) is 27.9 Å².